The first-order valence-electron chi connectivity index (χ1n) is 10.5. The van der Waals surface area contributed by atoms with Crippen molar-refractivity contribution in [1.82, 2.24) is 9.80 Å². The van der Waals surface area contributed by atoms with Crippen LogP contribution in [0.2, 0.25) is 0 Å². The number of piperidine rings is 1. The van der Waals surface area contributed by atoms with Crippen LogP contribution in [0, 0.1) is 5.82 Å². The maximum Gasteiger partial charge on any atom is 0.270 e. The Morgan fingerprint density at radius 3 is 2.30 bits per heavy atom. The van der Waals surface area contributed by atoms with Gasteiger partial charge >= 0.3 is 0 Å². The molecule has 3 aliphatic heterocycles. The van der Waals surface area contributed by atoms with Crippen molar-refractivity contribution in [3.63, 3.8) is 0 Å². The fourth-order valence-electron chi connectivity index (χ4n) is 4.44. The van der Waals surface area contributed by atoms with Gasteiger partial charge in [-0.3, -0.25) is 19.4 Å². The third-order valence-electron chi connectivity index (χ3n) is 6.04. The molecule has 2 fully saturated rings. The van der Waals surface area contributed by atoms with Gasteiger partial charge in [-0.1, -0.05) is 0 Å². The Balaban J connectivity index is 1.57. The molecule has 0 aromatic heterocycles. The Morgan fingerprint density at radius 2 is 1.63 bits per heavy atom. The topological polar surface area (TPSA) is 99.3 Å². The fraction of sp³-hybridized carbons (Fsp3) is 0.524. The van der Waals surface area contributed by atoms with Gasteiger partial charge in [-0.25, -0.2) is 4.39 Å². The number of halogens is 1. The molecule has 4 rings (SSSR count). The van der Waals surface area contributed by atoms with Crippen molar-refractivity contribution < 1.29 is 18.8 Å². The summed E-state index contributed by atoms with van der Waals surface area (Å²) in [6.45, 7) is 1.96. The predicted molar refractivity (Wildman–Crippen MR) is 109 cm³/mol. The van der Waals surface area contributed by atoms with Crippen LogP contribution in [0.3, 0.4) is 0 Å². The highest BCUT2D eigenvalue weighted by atomic mass is 19.1. The number of carbonyl (C=O) groups excluding carboxylic acids is 3. The third-order valence-corrected chi connectivity index (χ3v) is 6.04. The second kappa shape index (κ2) is 8.41. The van der Waals surface area contributed by atoms with Crippen LogP contribution >= 0.6 is 0 Å². The molecule has 3 amide bonds. The Bertz CT molecular complexity index is 866. The molecule has 1 aromatic rings. The van der Waals surface area contributed by atoms with E-state index in [2.05, 4.69) is 5.10 Å². The van der Waals surface area contributed by atoms with Crippen molar-refractivity contribution >= 4 is 29.1 Å². The Hall–Kier alpha value is -2.97. The standard InChI is InChI=1S/C21H26FN5O3/c22-14-6-8-15(9-7-14)27-18(19(23)28)13-16(24-27)20(29)26-12-2-1-5-17(26)21(30)25-10-3-4-11-25/h6-9,17-18H,1-5,10-13H2,(H2,23,28). The Kier molecular flexibility index (Phi) is 5.69. The van der Waals surface area contributed by atoms with E-state index in [1.165, 1.54) is 29.3 Å². The summed E-state index contributed by atoms with van der Waals surface area (Å²) in [6, 6.07) is 4.19. The number of carbonyl (C=O) groups is 3. The monoisotopic (exact) mass is 415 g/mol. The molecular formula is C21H26FN5O3. The highest BCUT2D eigenvalue weighted by Crippen LogP contribution is 2.27. The molecule has 8 nitrogen and oxygen atoms in total. The van der Waals surface area contributed by atoms with Gasteiger partial charge in [0.05, 0.1) is 5.69 Å². The first-order chi connectivity index (χ1) is 14.5. The molecule has 1 aromatic carbocycles. The van der Waals surface area contributed by atoms with Crippen LogP contribution in [-0.2, 0) is 14.4 Å². The molecule has 0 saturated carbocycles. The minimum atomic E-state index is -0.827. The van der Waals surface area contributed by atoms with Crippen LogP contribution in [0.25, 0.3) is 0 Å². The van der Waals surface area contributed by atoms with Crippen LogP contribution in [0.4, 0.5) is 10.1 Å². The van der Waals surface area contributed by atoms with Crippen molar-refractivity contribution in [1.29, 1.82) is 0 Å². The first-order valence-corrected chi connectivity index (χ1v) is 10.5. The van der Waals surface area contributed by atoms with E-state index in [1.807, 2.05) is 4.90 Å². The number of hydrazone groups is 1. The summed E-state index contributed by atoms with van der Waals surface area (Å²) in [4.78, 5) is 41.7. The van der Waals surface area contributed by atoms with Crippen LogP contribution < -0.4 is 10.7 Å². The van der Waals surface area contributed by atoms with E-state index in [0.717, 1.165) is 38.8 Å². The normalized spacial score (nSPS) is 24.2. The molecule has 0 radical (unpaired) electrons. The van der Waals surface area contributed by atoms with E-state index in [-0.39, 0.29) is 23.9 Å². The van der Waals surface area contributed by atoms with Crippen LogP contribution in [0.15, 0.2) is 29.4 Å². The van der Waals surface area contributed by atoms with Gasteiger partial charge in [-0.2, -0.15) is 5.10 Å². The average molecular weight is 415 g/mol. The molecule has 0 spiro atoms. The highest BCUT2D eigenvalue weighted by molar-refractivity contribution is 6.40. The number of nitrogens with two attached hydrogens (primary N) is 1. The van der Waals surface area contributed by atoms with Gasteiger partial charge in [0.2, 0.25) is 11.8 Å². The molecule has 3 heterocycles. The largest absolute Gasteiger partial charge is 0.368 e. The predicted octanol–water partition coefficient (Wildman–Crippen LogP) is 1.25. The van der Waals surface area contributed by atoms with Crippen LogP contribution in [0.1, 0.15) is 38.5 Å². The zero-order chi connectivity index (χ0) is 21.3. The summed E-state index contributed by atoms with van der Waals surface area (Å²) in [6.07, 6.45) is 4.40. The average Bonchev–Trinajstić information content (AvgIpc) is 3.44. The van der Waals surface area contributed by atoms with Crippen molar-refractivity contribution in [3.05, 3.63) is 30.1 Å². The maximum atomic E-state index is 13.3. The second-order valence-electron chi connectivity index (χ2n) is 8.03. The SMILES string of the molecule is NC(=O)C1CC(C(=O)N2CCCCC2C(=O)N2CCCC2)=NN1c1ccc(F)cc1. The minimum Gasteiger partial charge on any atom is -0.368 e. The van der Waals surface area contributed by atoms with Crippen molar-refractivity contribution in [2.75, 3.05) is 24.6 Å². The zero-order valence-corrected chi connectivity index (χ0v) is 16.8. The lowest BCUT2D eigenvalue weighted by Crippen LogP contribution is -2.54. The molecular weight excluding hydrogens is 389 g/mol. The fourth-order valence-corrected chi connectivity index (χ4v) is 4.44. The van der Waals surface area contributed by atoms with E-state index in [0.29, 0.717) is 18.7 Å². The van der Waals surface area contributed by atoms with E-state index < -0.39 is 23.8 Å². The summed E-state index contributed by atoms with van der Waals surface area (Å²) in [5.74, 6) is -1.36. The summed E-state index contributed by atoms with van der Waals surface area (Å²) in [5, 5.41) is 5.74. The van der Waals surface area contributed by atoms with Crippen LogP contribution in [0.5, 0.6) is 0 Å². The summed E-state index contributed by atoms with van der Waals surface area (Å²) in [7, 11) is 0. The van der Waals surface area contributed by atoms with E-state index in [4.69, 9.17) is 5.73 Å². The van der Waals surface area contributed by atoms with E-state index in [1.54, 1.807) is 4.90 Å². The summed E-state index contributed by atoms with van der Waals surface area (Å²) >= 11 is 0. The Morgan fingerprint density at radius 1 is 0.967 bits per heavy atom. The van der Waals surface area contributed by atoms with Crippen molar-refractivity contribution in [2.45, 2.75) is 50.6 Å². The van der Waals surface area contributed by atoms with Crippen molar-refractivity contribution in [3.8, 4) is 0 Å². The second-order valence-corrected chi connectivity index (χ2v) is 8.03. The Labute approximate surface area is 174 Å². The van der Waals surface area contributed by atoms with Gasteiger partial charge in [-0.05, 0) is 56.4 Å². The van der Waals surface area contributed by atoms with Gasteiger partial charge in [-0.15, -0.1) is 0 Å². The number of hydrogen-bond donors (Lipinski definition) is 1. The number of amides is 3. The summed E-state index contributed by atoms with van der Waals surface area (Å²) < 4.78 is 13.3. The zero-order valence-electron chi connectivity index (χ0n) is 16.8. The van der Waals surface area contributed by atoms with E-state index >= 15 is 0 Å². The lowest BCUT2D eigenvalue weighted by Gasteiger charge is -2.36. The maximum absolute atomic E-state index is 13.3. The van der Waals surface area contributed by atoms with Gasteiger partial charge < -0.3 is 15.5 Å². The quantitative estimate of drug-likeness (QED) is 0.800. The van der Waals surface area contributed by atoms with Gasteiger partial charge in [0.15, 0.2) is 0 Å². The number of benzene rings is 1. The highest BCUT2D eigenvalue weighted by Gasteiger charge is 2.41. The molecule has 0 bridgehead atoms. The van der Waals surface area contributed by atoms with E-state index in [9.17, 15) is 18.8 Å². The molecule has 0 aliphatic carbocycles. The molecule has 2 atom stereocenters. The number of hydrogen-bond acceptors (Lipinski definition) is 5. The number of anilines is 1. The molecule has 2 unspecified atom stereocenters. The molecule has 30 heavy (non-hydrogen) atoms. The summed E-state index contributed by atoms with van der Waals surface area (Å²) in [5.41, 5.74) is 6.22. The minimum absolute atomic E-state index is 0.000916. The molecule has 2 saturated heterocycles. The lowest BCUT2D eigenvalue weighted by molar-refractivity contribution is -0.143. The lowest BCUT2D eigenvalue weighted by atomic mass is 9.99. The van der Waals surface area contributed by atoms with Gasteiger partial charge in [0.25, 0.3) is 5.91 Å². The molecule has 9 heteroatoms. The molecule has 2 N–H and O–H groups in total. The molecule has 160 valence electrons. The molecule has 3 aliphatic rings. The number of rotatable bonds is 4. The number of likely N-dealkylation sites (tertiary alicyclic amines) is 2. The van der Waals surface area contributed by atoms with Crippen LogP contribution in [-0.4, -0.2) is 65.0 Å². The third kappa shape index (κ3) is 3.88. The van der Waals surface area contributed by atoms with Gasteiger partial charge in [0, 0.05) is 26.1 Å². The number of primary amides is 1. The van der Waals surface area contributed by atoms with Crippen molar-refractivity contribution in [2.24, 2.45) is 10.8 Å². The number of nitrogens with zero attached hydrogens (tertiary/aromatic N) is 4. The smallest absolute Gasteiger partial charge is 0.270 e. The first kappa shape index (κ1) is 20.3. The van der Waals surface area contributed by atoms with Gasteiger partial charge in [0.1, 0.15) is 23.6 Å².